The molecule has 0 radical (unpaired) electrons. The third-order valence-corrected chi connectivity index (χ3v) is 6.18. The zero-order chi connectivity index (χ0) is 22.8. The summed E-state index contributed by atoms with van der Waals surface area (Å²) in [5, 5.41) is 4.60. The highest BCUT2D eigenvalue weighted by atomic mass is 32.2. The molecule has 12 heteroatoms. The summed E-state index contributed by atoms with van der Waals surface area (Å²) in [4.78, 5) is 24.5. The third kappa shape index (κ3) is 5.64. The molecule has 31 heavy (non-hydrogen) atoms. The van der Waals surface area contributed by atoms with E-state index in [4.69, 9.17) is 4.42 Å². The Morgan fingerprint density at radius 2 is 1.81 bits per heavy atom. The molecule has 0 atom stereocenters. The highest BCUT2D eigenvalue weighted by Crippen LogP contribution is 2.37. The van der Waals surface area contributed by atoms with Crippen molar-refractivity contribution in [3.8, 4) is 0 Å². The summed E-state index contributed by atoms with van der Waals surface area (Å²) in [7, 11) is -3.38. The van der Waals surface area contributed by atoms with Crippen LogP contribution in [0.1, 0.15) is 29.0 Å². The maximum atomic E-state index is 13.6. The fraction of sp³-hybridized carbons (Fsp3) is 0.368. The van der Waals surface area contributed by atoms with E-state index in [-0.39, 0.29) is 37.4 Å². The molecule has 8 nitrogen and oxygen atoms in total. The summed E-state index contributed by atoms with van der Waals surface area (Å²) in [5.41, 5.74) is -1.68. The van der Waals surface area contributed by atoms with E-state index < -0.39 is 45.2 Å². The molecule has 2 amide bonds. The Bertz CT molecular complexity index is 1060. The van der Waals surface area contributed by atoms with Crippen LogP contribution in [0.15, 0.2) is 41.0 Å². The van der Waals surface area contributed by atoms with Gasteiger partial charge >= 0.3 is 6.18 Å². The average Bonchev–Trinajstić information content (AvgIpc) is 3.23. The lowest BCUT2D eigenvalue weighted by molar-refractivity contribution is -0.137. The monoisotopic (exact) mass is 459 g/mol. The molecule has 1 aromatic heterocycles. The summed E-state index contributed by atoms with van der Waals surface area (Å²) in [6.45, 7) is 0.252. The summed E-state index contributed by atoms with van der Waals surface area (Å²) in [6.07, 6.45) is -2.05. The Balaban J connectivity index is 1.73. The number of furan rings is 1. The van der Waals surface area contributed by atoms with E-state index in [0.29, 0.717) is 0 Å². The first kappa shape index (κ1) is 22.8. The normalized spacial score (nSPS) is 16.1. The molecular weight excluding hydrogens is 439 g/mol. The largest absolute Gasteiger partial charge is 0.459 e. The van der Waals surface area contributed by atoms with E-state index >= 15 is 0 Å². The minimum absolute atomic E-state index is 0.0635. The van der Waals surface area contributed by atoms with Gasteiger partial charge in [-0.2, -0.15) is 13.2 Å². The van der Waals surface area contributed by atoms with Gasteiger partial charge in [0, 0.05) is 24.7 Å². The van der Waals surface area contributed by atoms with Crippen molar-refractivity contribution in [3.05, 3.63) is 47.9 Å². The molecular formula is C19H20F3N3O5S. The molecule has 1 fully saturated rings. The van der Waals surface area contributed by atoms with Gasteiger partial charge in [-0.15, -0.1) is 0 Å². The van der Waals surface area contributed by atoms with Gasteiger partial charge in [-0.05, 0) is 43.2 Å². The van der Waals surface area contributed by atoms with Gasteiger partial charge in [0.2, 0.25) is 15.9 Å². The molecule has 0 saturated carbocycles. The van der Waals surface area contributed by atoms with E-state index in [2.05, 4.69) is 10.6 Å². The molecule has 0 spiro atoms. The number of anilines is 2. The maximum Gasteiger partial charge on any atom is 0.418 e. The number of piperidine rings is 1. The van der Waals surface area contributed by atoms with Crippen LogP contribution in [0.3, 0.4) is 0 Å². The fourth-order valence-corrected chi connectivity index (χ4v) is 4.12. The van der Waals surface area contributed by atoms with Crippen LogP contribution in [0.2, 0.25) is 0 Å². The van der Waals surface area contributed by atoms with Crippen molar-refractivity contribution < 1.29 is 35.6 Å². The van der Waals surface area contributed by atoms with Crippen LogP contribution >= 0.6 is 0 Å². The minimum Gasteiger partial charge on any atom is -0.459 e. The van der Waals surface area contributed by atoms with Crippen LogP contribution in [0, 0.1) is 5.92 Å². The van der Waals surface area contributed by atoms with Gasteiger partial charge < -0.3 is 15.1 Å². The van der Waals surface area contributed by atoms with Gasteiger partial charge in [-0.1, -0.05) is 0 Å². The third-order valence-electron chi connectivity index (χ3n) is 4.88. The first-order chi connectivity index (χ1) is 14.4. The van der Waals surface area contributed by atoms with E-state index in [1.807, 2.05) is 0 Å². The van der Waals surface area contributed by atoms with E-state index in [9.17, 15) is 31.2 Å². The lowest BCUT2D eigenvalue weighted by atomic mass is 9.97. The van der Waals surface area contributed by atoms with Crippen molar-refractivity contribution in [1.29, 1.82) is 0 Å². The van der Waals surface area contributed by atoms with Crippen molar-refractivity contribution in [2.75, 3.05) is 30.0 Å². The van der Waals surface area contributed by atoms with Gasteiger partial charge in [0.1, 0.15) is 0 Å². The first-order valence-corrected chi connectivity index (χ1v) is 11.1. The molecule has 1 aromatic carbocycles. The number of benzene rings is 1. The lowest BCUT2D eigenvalue weighted by Gasteiger charge is -2.29. The zero-order valence-electron chi connectivity index (χ0n) is 16.4. The Morgan fingerprint density at radius 3 is 2.35 bits per heavy atom. The molecule has 0 aliphatic carbocycles. The van der Waals surface area contributed by atoms with Crippen molar-refractivity contribution in [2.45, 2.75) is 19.0 Å². The highest BCUT2D eigenvalue weighted by Gasteiger charge is 2.36. The molecule has 2 N–H and O–H groups in total. The van der Waals surface area contributed by atoms with Crippen molar-refractivity contribution in [1.82, 2.24) is 4.31 Å². The van der Waals surface area contributed by atoms with E-state index in [1.54, 1.807) is 0 Å². The fourth-order valence-electron chi connectivity index (χ4n) is 3.25. The quantitative estimate of drug-likeness (QED) is 0.714. The predicted molar refractivity (Wildman–Crippen MR) is 106 cm³/mol. The number of alkyl halides is 3. The number of hydrogen-bond acceptors (Lipinski definition) is 5. The van der Waals surface area contributed by atoms with E-state index in [0.717, 1.165) is 18.4 Å². The second-order valence-electron chi connectivity index (χ2n) is 7.12. The summed E-state index contributed by atoms with van der Waals surface area (Å²) < 4.78 is 69.9. The number of nitrogens with zero attached hydrogens (tertiary/aromatic N) is 1. The van der Waals surface area contributed by atoms with Crippen LogP contribution in [-0.2, 0) is 21.0 Å². The van der Waals surface area contributed by atoms with Crippen LogP contribution in [0.5, 0.6) is 0 Å². The predicted octanol–water partition coefficient (Wildman–Crippen LogP) is 3.16. The number of sulfonamides is 1. The van der Waals surface area contributed by atoms with Crippen LogP contribution in [-0.4, -0.2) is 43.9 Å². The SMILES string of the molecule is CS(=O)(=O)N1CCC(C(=O)Nc2ccc(NC(=O)c3ccco3)cc2C(F)(F)F)CC1. The Labute approximate surface area is 176 Å². The molecule has 2 aromatic rings. The standard InChI is InChI=1S/C19H20F3N3O5S/c1-31(28,29)25-8-6-12(7-9-25)17(26)24-15-5-4-13(11-14(15)19(20,21)22)23-18(27)16-3-2-10-30-16/h2-5,10-12H,6-9H2,1H3,(H,23,27)(H,24,26). The van der Waals surface area contributed by atoms with Crippen LogP contribution in [0.4, 0.5) is 24.5 Å². The van der Waals surface area contributed by atoms with E-state index in [1.165, 1.54) is 28.8 Å². The number of nitrogens with one attached hydrogen (secondary N) is 2. The van der Waals surface area contributed by atoms with Gasteiger partial charge in [-0.25, -0.2) is 12.7 Å². The molecule has 0 bridgehead atoms. The average molecular weight is 459 g/mol. The molecule has 2 heterocycles. The second-order valence-corrected chi connectivity index (χ2v) is 9.10. The van der Waals surface area contributed by atoms with Gasteiger partial charge in [0.15, 0.2) is 5.76 Å². The second kappa shape index (κ2) is 8.71. The number of carbonyl (C=O) groups is 2. The molecule has 0 unspecified atom stereocenters. The maximum absolute atomic E-state index is 13.6. The summed E-state index contributed by atoms with van der Waals surface area (Å²) >= 11 is 0. The van der Waals surface area contributed by atoms with Crippen LogP contribution < -0.4 is 10.6 Å². The number of hydrogen-bond donors (Lipinski definition) is 2. The van der Waals surface area contributed by atoms with Crippen molar-refractivity contribution in [3.63, 3.8) is 0 Å². The number of rotatable bonds is 5. The lowest BCUT2D eigenvalue weighted by Crippen LogP contribution is -2.41. The highest BCUT2D eigenvalue weighted by molar-refractivity contribution is 7.88. The Hall–Kier alpha value is -2.86. The number of halogens is 3. The first-order valence-electron chi connectivity index (χ1n) is 9.27. The minimum atomic E-state index is -4.78. The van der Waals surface area contributed by atoms with Gasteiger partial charge in [0.25, 0.3) is 5.91 Å². The molecule has 3 rings (SSSR count). The summed E-state index contributed by atoms with van der Waals surface area (Å²) in [5.74, 6) is -2.01. The smallest absolute Gasteiger partial charge is 0.418 e. The van der Waals surface area contributed by atoms with Crippen molar-refractivity contribution in [2.24, 2.45) is 5.92 Å². The molecule has 1 aliphatic rings. The summed E-state index contributed by atoms with van der Waals surface area (Å²) in [6, 6.07) is 5.85. The molecule has 1 saturated heterocycles. The molecule has 168 valence electrons. The number of amides is 2. The Morgan fingerprint density at radius 1 is 1.13 bits per heavy atom. The van der Waals surface area contributed by atoms with Gasteiger partial charge in [-0.3, -0.25) is 9.59 Å². The molecule has 1 aliphatic heterocycles. The number of carbonyl (C=O) groups excluding carboxylic acids is 2. The van der Waals surface area contributed by atoms with Crippen molar-refractivity contribution >= 4 is 33.2 Å². The topological polar surface area (TPSA) is 109 Å². The van der Waals surface area contributed by atoms with Gasteiger partial charge in [0.05, 0.1) is 23.8 Å². The van der Waals surface area contributed by atoms with Crippen LogP contribution in [0.25, 0.3) is 0 Å². The Kier molecular flexibility index (Phi) is 6.41. The zero-order valence-corrected chi connectivity index (χ0v) is 17.2.